The van der Waals surface area contributed by atoms with Crippen molar-refractivity contribution in [1.29, 1.82) is 0 Å². The maximum absolute atomic E-state index is 13.1. The van der Waals surface area contributed by atoms with Crippen molar-refractivity contribution in [1.82, 2.24) is 5.32 Å². The summed E-state index contributed by atoms with van der Waals surface area (Å²) >= 11 is 0. The zero-order valence-corrected chi connectivity index (χ0v) is 18.1. The third-order valence-corrected chi connectivity index (χ3v) is 5.63. The Bertz CT molecular complexity index is 1380. The van der Waals surface area contributed by atoms with Gasteiger partial charge in [-0.25, -0.2) is 9.69 Å². The predicted octanol–water partition coefficient (Wildman–Crippen LogP) is 5.82. The smallest absolute Gasteiger partial charge is 0.333 e. The predicted molar refractivity (Wildman–Crippen MR) is 130 cm³/mol. The number of ether oxygens (including phenoxy) is 1. The van der Waals surface area contributed by atoms with Crippen molar-refractivity contribution in [2.75, 3.05) is 4.90 Å². The Morgan fingerprint density at radius 3 is 2.36 bits per heavy atom. The Morgan fingerprint density at radius 2 is 1.58 bits per heavy atom. The third-order valence-electron chi connectivity index (χ3n) is 5.63. The number of rotatable bonds is 5. The standard InChI is InChI=1S/C28H22N2O3/c1-19-11-13-20(14-12-19)18-33-26-16-15-21-7-5-6-10-23(21)24(26)17-25-27(31)30(28(32)29-25)22-8-3-2-4-9-22/h2-17H,18H2,1H3,(H,29,32)/b25-17+. The highest BCUT2D eigenvalue weighted by molar-refractivity contribution is 6.28. The Kier molecular flexibility index (Phi) is 5.37. The highest BCUT2D eigenvalue weighted by Crippen LogP contribution is 2.32. The molecule has 0 saturated carbocycles. The number of anilines is 1. The van der Waals surface area contributed by atoms with E-state index in [2.05, 4.69) is 5.32 Å². The van der Waals surface area contributed by atoms with E-state index in [1.807, 2.05) is 73.7 Å². The van der Waals surface area contributed by atoms with E-state index < -0.39 is 11.9 Å². The van der Waals surface area contributed by atoms with Crippen LogP contribution in [0.4, 0.5) is 10.5 Å². The topological polar surface area (TPSA) is 58.6 Å². The van der Waals surface area contributed by atoms with Crippen LogP contribution in [0.5, 0.6) is 5.75 Å². The van der Waals surface area contributed by atoms with Gasteiger partial charge in [-0.3, -0.25) is 4.79 Å². The lowest BCUT2D eigenvalue weighted by molar-refractivity contribution is -0.113. The fourth-order valence-electron chi connectivity index (χ4n) is 3.89. The quantitative estimate of drug-likeness (QED) is 0.318. The molecule has 3 amide bonds. The largest absolute Gasteiger partial charge is 0.488 e. The zero-order chi connectivity index (χ0) is 22.8. The van der Waals surface area contributed by atoms with E-state index in [9.17, 15) is 9.59 Å². The number of amides is 3. The van der Waals surface area contributed by atoms with E-state index in [0.717, 1.165) is 26.8 Å². The summed E-state index contributed by atoms with van der Waals surface area (Å²) in [5.74, 6) is 0.241. The molecule has 0 atom stereocenters. The number of nitrogens with one attached hydrogen (secondary N) is 1. The van der Waals surface area contributed by atoms with Crippen molar-refractivity contribution in [2.45, 2.75) is 13.5 Å². The molecule has 1 saturated heterocycles. The first kappa shape index (κ1) is 20.5. The zero-order valence-electron chi connectivity index (χ0n) is 18.1. The van der Waals surface area contributed by atoms with Gasteiger partial charge in [0, 0.05) is 5.56 Å². The highest BCUT2D eigenvalue weighted by Gasteiger charge is 2.35. The Labute approximate surface area is 191 Å². The molecule has 4 aromatic rings. The van der Waals surface area contributed by atoms with Crippen LogP contribution in [-0.2, 0) is 11.4 Å². The molecule has 5 nitrogen and oxygen atoms in total. The molecule has 162 valence electrons. The molecule has 33 heavy (non-hydrogen) atoms. The van der Waals surface area contributed by atoms with Crippen molar-refractivity contribution >= 4 is 34.5 Å². The van der Waals surface area contributed by atoms with Gasteiger partial charge >= 0.3 is 6.03 Å². The monoisotopic (exact) mass is 434 g/mol. The molecule has 1 N–H and O–H groups in total. The second-order valence-corrected chi connectivity index (χ2v) is 7.94. The average Bonchev–Trinajstić information content (AvgIpc) is 3.12. The number of carbonyl (C=O) groups is 2. The minimum Gasteiger partial charge on any atom is -0.488 e. The summed E-state index contributed by atoms with van der Waals surface area (Å²) < 4.78 is 6.17. The van der Waals surface area contributed by atoms with E-state index in [-0.39, 0.29) is 5.70 Å². The Morgan fingerprint density at radius 1 is 0.848 bits per heavy atom. The van der Waals surface area contributed by atoms with Gasteiger partial charge in [-0.05, 0) is 47.5 Å². The van der Waals surface area contributed by atoms with Crippen LogP contribution >= 0.6 is 0 Å². The summed E-state index contributed by atoms with van der Waals surface area (Å²) in [5.41, 5.74) is 3.72. The first-order valence-electron chi connectivity index (χ1n) is 10.7. The maximum atomic E-state index is 13.1. The number of imide groups is 1. The van der Waals surface area contributed by atoms with Gasteiger partial charge in [0.25, 0.3) is 5.91 Å². The lowest BCUT2D eigenvalue weighted by atomic mass is 10.0. The van der Waals surface area contributed by atoms with Crippen LogP contribution in [0.15, 0.2) is 96.7 Å². The van der Waals surface area contributed by atoms with Gasteiger partial charge in [-0.2, -0.15) is 0 Å². The molecule has 0 bridgehead atoms. The second-order valence-electron chi connectivity index (χ2n) is 7.94. The summed E-state index contributed by atoms with van der Waals surface area (Å²) in [5, 5.41) is 4.67. The van der Waals surface area contributed by atoms with E-state index in [0.29, 0.717) is 18.0 Å². The third kappa shape index (κ3) is 4.08. The van der Waals surface area contributed by atoms with Gasteiger partial charge < -0.3 is 10.1 Å². The van der Waals surface area contributed by atoms with Crippen LogP contribution in [-0.4, -0.2) is 11.9 Å². The van der Waals surface area contributed by atoms with Crippen molar-refractivity contribution in [3.63, 3.8) is 0 Å². The van der Waals surface area contributed by atoms with Crippen molar-refractivity contribution in [3.8, 4) is 5.75 Å². The van der Waals surface area contributed by atoms with Crippen LogP contribution in [0.2, 0.25) is 0 Å². The molecule has 5 heteroatoms. The molecule has 0 radical (unpaired) electrons. The van der Waals surface area contributed by atoms with Crippen LogP contribution in [0.3, 0.4) is 0 Å². The van der Waals surface area contributed by atoms with E-state index in [4.69, 9.17) is 4.74 Å². The van der Waals surface area contributed by atoms with Gasteiger partial charge in [0.2, 0.25) is 0 Å². The molecule has 0 unspecified atom stereocenters. The maximum Gasteiger partial charge on any atom is 0.333 e. The summed E-state index contributed by atoms with van der Waals surface area (Å²) in [6.07, 6.45) is 1.70. The lowest BCUT2D eigenvalue weighted by Crippen LogP contribution is -2.30. The Balaban J connectivity index is 1.53. The molecule has 4 aromatic carbocycles. The lowest BCUT2D eigenvalue weighted by Gasteiger charge is -2.13. The molecule has 5 rings (SSSR count). The molecular formula is C28H22N2O3. The molecule has 1 fully saturated rings. The number of para-hydroxylation sites is 1. The fraction of sp³-hybridized carbons (Fsp3) is 0.0714. The van der Waals surface area contributed by atoms with E-state index in [1.165, 1.54) is 5.56 Å². The average molecular weight is 434 g/mol. The number of fused-ring (bicyclic) bond motifs is 1. The minimum atomic E-state index is -0.472. The first-order chi connectivity index (χ1) is 16.1. The molecule has 0 aliphatic carbocycles. The SMILES string of the molecule is Cc1ccc(COc2ccc3ccccc3c2/C=C2/NC(=O)N(c3ccccc3)C2=O)cc1. The second kappa shape index (κ2) is 8.63. The number of aryl methyl sites for hydroxylation is 1. The number of hydrogen-bond acceptors (Lipinski definition) is 3. The van der Waals surface area contributed by atoms with Crippen LogP contribution in [0, 0.1) is 6.92 Å². The van der Waals surface area contributed by atoms with Crippen LogP contribution < -0.4 is 15.0 Å². The number of benzene rings is 4. The van der Waals surface area contributed by atoms with Gasteiger partial charge in [-0.1, -0.05) is 78.4 Å². The number of nitrogens with zero attached hydrogens (tertiary/aromatic N) is 1. The number of hydrogen-bond donors (Lipinski definition) is 1. The number of urea groups is 1. The molecular weight excluding hydrogens is 412 g/mol. The fourth-order valence-corrected chi connectivity index (χ4v) is 3.89. The molecule has 1 aliphatic rings. The van der Waals surface area contributed by atoms with E-state index in [1.54, 1.807) is 30.3 Å². The molecule has 1 heterocycles. The number of carbonyl (C=O) groups excluding carboxylic acids is 2. The van der Waals surface area contributed by atoms with Crippen molar-refractivity contribution in [2.24, 2.45) is 0 Å². The van der Waals surface area contributed by atoms with Crippen molar-refractivity contribution < 1.29 is 14.3 Å². The normalized spacial score (nSPS) is 14.7. The van der Waals surface area contributed by atoms with Crippen molar-refractivity contribution in [3.05, 3.63) is 113 Å². The van der Waals surface area contributed by atoms with E-state index >= 15 is 0 Å². The van der Waals surface area contributed by atoms with Gasteiger partial charge in [-0.15, -0.1) is 0 Å². The van der Waals surface area contributed by atoms with Crippen LogP contribution in [0.1, 0.15) is 16.7 Å². The van der Waals surface area contributed by atoms with Gasteiger partial charge in [0.05, 0.1) is 5.69 Å². The van der Waals surface area contributed by atoms with Crippen LogP contribution in [0.25, 0.3) is 16.8 Å². The van der Waals surface area contributed by atoms with Gasteiger partial charge in [0.15, 0.2) is 0 Å². The Hall–Kier alpha value is -4.38. The molecule has 1 aliphatic heterocycles. The minimum absolute atomic E-state index is 0.209. The summed E-state index contributed by atoms with van der Waals surface area (Å²) in [7, 11) is 0. The van der Waals surface area contributed by atoms with Gasteiger partial charge in [0.1, 0.15) is 18.1 Å². The molecule has 0 aromatic heterocycles. The first-order valence-corrected chi connectivity index (χ1v) is 10.7. The highest BCUT2D eigenvalue weighted by atomic mass is 16.5. The summed E-state index contributed by atoms with van der Waals surface area (Å²) in [6.45, 7) is 2.44. The summed E-state index contributed by atoms with van der Waals surface area (Å²) in [6, 6.07) is 28.4. The summed E-state index contributed by atoms with van der Waals surface area (Å²) in [4.78, 5) is 26.8. The molecule has 0 spiro atoms.